The second kappa shape index (κ2) is 7.18. The number of hydrogen-bond acceptors (Lipinski definition) is 5. The van der Waals surface area contributed by atoms with Crippen molar-refractivity contribution in [3.63, 3.8) is 0 Å². The summed E-state index contributed by atoms with van der Waals surface area (Å²) in [5.41, 5.74) is 4.35. The molecule has 0 saturated carbocycles. The Labute approximate surface area is 156 Å². The Morgan fingerprint density at radius 2 is 2.00 bits per heavy atom. The summed E-state index contributed by atoms with van der Waals surface area (Å²) in [4.78, 5) is 21.2. The van der Waals surface area contributed by atoms with E-state index in [-0.39, 0.29) is 29.6 Å². The lowest BCUT2D eigenvalue weighted by molar-refractivity contribution is -0.0248. The van der Waals surface area contributed by atoms with Crippen molar-refractivity contribution in [2.24, 2.45) is 0 Å². The molecule has 144 valence electrons. The third-order valence-corrected chi connectivity index (χ3v) is 4.44. The second-order valence-electron chi connectivity index (χ2n) is 5.95. The van der Waals surface area contributed by atoms with Crippen LogP contribution in [-0.4, -0.2) is 45.8 Å². The van der Waals surface area contributed by atoms with E-state index in [2.05, 4.69) is 15.3 Å². The molecule has 1 amide bonds. The maximum atomic E-state index is 14.3. The number of nitrogens with one attached hydrogen (secondary N) is 1. The lowest BCUT2D eigenvalue weighted by Gasteiger charge is -2.28. The van der Waals surface area contributed by atoms with Crippen LogP contribution >= 0.6 is 11.6 Å². The van der Waals surface area contributed by atoms with Crippen LogP contribution in [0.4, 0.5) is 29.2 Å². The Hall–Kier alpha value is -2.62. The summed E-state index contributed by atoms with van der Waals surface area (Å²) in [7, 11) is 0. The molecule has 11 heteroatoms. The molecule has 0 bridgehead atoms. The SMILES string of the molecule is Nc1c(C(=O)N2CCC(F)(F)[C@H]2CNc2ncc(Cl)cn2)ccc(F)c1F. The van der Waals surface area contributed by atoms with Gasteiger partial charge in [0.25, 0.3) is 11.8 Å². The van der Waals surface area contributed by atoms with Crippen LogP contribution in [0.2, 0.25) is 5.02 Å². The summed E-state index contributed by atoms with van der Waals surface area (Å²) in [6.07, 6.45) is 2.00. The lowest BCUT2D eigenvalue weighted by atomic mass is 10.1. The van der Waals surface area contributed by atoms with E-state index < -0.39 is 41.6 Å². The molecule has 0 aliphatic carbocycles. The topological polar surface area (TPSA) is 84.1 Å². The molecule has 1 aromatic heterocycles. The molecule has 3 rings (SSSR count). The smallest absolute Gasteiger partial charge is 0.271 e. The van der Waals surface area contributed by atoms with E-state index >= 15 is 0 Å². The van der Waals surface area contributed by atoms with E-state index in [1.54, 1.807) is 0 Å². The van der Waals surface area contributed by atoms with Gasteiger partial charge in [0.15, 0.2) is 11.6 Å². The first-order chi connectivity index (χ1) is 12.7. The average molecular weight is 404 g/mol. The Balaban J connectivity index is 1.82. The highest BCUT2D eigenvalue weighted by Crippen LogP contribution is 2.36. The molecule has 0 radical (unpaired) electrons. The molecule has 1 aliphatic rings. The molecule has 1 saturated heterocycles. The predicted molar refractivity (Wildman–Crippen MR) is 90.7 cm³/mol. The highest BCUT2D eigenvalue weighted by Gasteiger charge is 2.50. The van der Waals surface area contributed by atoms with Gasteiger partial charge in [-0.15, -0.1) is 0 Å². The fourth-order valence-corrected chi connectivity index (χ4v) is 2.92. The van der Waals surface area contributed by atoms with Crippen molar-refractivity contribution in [3.8, 4) is 0 Å². The Bertz CT molecular complexity index is 865. The zero-order valence-corrected chi connectivity index (χ0v) is 14.5. The van der Waals surface area contributed by atoms with Crippen molar-refractivity contribution in [3.05, 3.63) is 46.7 Å². The van der Waals surface area contributed by atoms with Gasteiger partial charge < -0.3 is 16.0 Å². The Kier molecular flexibility index (Phi) is 5.09. The summed E-state index contributed by atoms with van der Waals surface area (Å²) in [6, 6.07) is 0.151. The van der Waals surface area contributed by atoms with Gasteiger partial charge in [-0.3, -0.25) is 4.79 Å². The molecule has 0 spiro atoms. The van der Waals surface area contributed by atoms with Crippen molar-refractivity contribution < 1.29 is 22.4 Å². The van der Waals surface area contributed by atoms with Gasteiger partial charge in [0.2, 0.25) is 5.95 Å². The lowest BCUT2D eigenvalue weighted by Crippen LogP contribution is -2.47. The number of nitrogens with two attached hydrogens (primary N) is 1. The molecule has 2 heterocycles. The van der Waals surface area contributed by atoms with Crippen LogP contribution in [0.5, 0.6) is 0 Å². The predicted octanol–water partition coefficient (Wildman–Crippen LogP) is 2.95. The molecular weight excluding hydrogens is 390 g/mol. The third kappa shape index (κ3) is 3.75. The number of aromatic nitrogens is 2. The molecule has 27 heavy (non-hydrogen) atoms. The number of alkyl halides is 2. The number of hydrogen-bond donors (Lipinski definition) is 2. The molecule has 0 unspecified atom stereocenters. The molecule has 2 aromatic rings. The van der Waals surface area contributed by atoms with E-state index in [4.69, 9.17) is 17.3 Å². The molecule has 3 N–H and O–H groups in total. The summed E-state index contributed by atoms with van der Waals surface area (Å²) < 4.78 is 55.4. The van der Waals surface area contributed by atoms with E-state index in [1.807, 2.05) is 0 Å². The summed E-state index contributed by atoms with van der Waals surface area (Å²) in [5.74, 6) is -6.67. The van der Waals surface area contributed by atoms with Crippen LogP contribution in [-0.2, 0) is 0 Å². The molecule has 1 aliphatic heterocycles. The van der Waals surface area contributed by atoms with E-state index in [9.17, 15) is 22.4 Å². The minimum atomic E-state index is -3.19. The van der Waals surface area contributed by atoms with Gasteiger partial charge in [-0.1, -0.05) is 11.6 Å². The number of halogens is 5. The number of nitrogen functional groups attached to an aromatic ring is 1. The summed E-state index contributed by atoms with van der Waals surface area (Å²) in [6.45, 7) is -0.623. The fourth-order valence-electron chi connectivity index (χ4n) is 2.82. The number of benzene rings is 1. The normalized spacial score (nSPS) is 18.6. The molecule has 1 fully saturated rings. The van der Waals surface area contributed by atoms with Crippen LogP contribution in [0.3, 0.4) is 0 Å². The summed E-state index contributed by atoms with van der Waals surface area (Å²) in [5, 5.41) is 2.90. The third-order valence-electron chi connectivity index (χ3n) is 4.25. The quantitative estimate of drug-likeness (QED) is 0.605. The number of carbonyl (C=O) groups excluding carboxylic acids is 1. The molecule has 6 nitrogen and oxygen atoms in total. The monoisotopic (exact) mass is 403 g/mol. The van der Waals surface area contributed by atoms with Crippen molar-refractivity contribution in [1.29, 1.82) is 0 Å². The number of rotatable bonds is 4. The van der Waals surface area contributed by atoms with E-state index in [0.29, 0.717) is 0 Å². The van der Waals surface area contributed by atoms with Crippen LogP contribution in [0.25, 0.3) is 0 Å². The van der Waals surface area contributed by atoms with Gasteiger partial charge in [0.1, 0.15) is 6.04 Å². The zero-order chi connectivity index (χ0) is 19.8. The number of amides is 1. The Morgan fingerprint density at radius 3 is 2.67 bits per heavy atom. The molecule has 1 aromatic carbocycles. The van der Waals surface area contributed by atoms with Gasteiger partial charge in [0.05, 0.1) is 28.7 Å². The van der Waals surface area contributed by atoms with Gasteiger partial charge in [-0.25, -0.2) is 27.5 Å². The first kappa shape index (κ1) is 19.2. The second-order valence-corrected chi connectivity index (χ2v) is 6.39. The van der Waals surface area contributed by atoms with Gasteiger partial charge in [-0.05, 0) is 12.1 Å². The number of nitrogens with zero attached hydrogens (tertiary/aromatic N) is 3. The maximum absolute atomic E-state index is 14.3. The minimum Gasteiger partial charge on any atom is -0.396 e. The number of carbonyl (C=O) groups is 1. The first-order valence-corrected chi connectivity index (χ1v) is 8.22. The van der Waals surface area contributed by atoms with Gasteiger partial charge in [-0.2, -0.15) is 0 Å². The maximum Gasteiger partial charge on any atom is 0.271 e. The minimum absolute atomic E-state index is 0.0573. The van der Waals surface area contributed by atoms with Crippen LogP contribution in [0.1, 0.15) is 16.8 Å². The average Bonchev–Trinajstić information content (AvgIpc) is 2.93. The van der Waals surface area contributed by atoms with Gasteiger partial charge in [0, 0.05) is 19.5 Å². The highest BCUT2D eigenvalue weighted by atomic mass is 35.5. The van der Waals surface area contributed by atoms with Crippen molar-refractivity contribution in [2.45, 2.75) is 18.4 Å². The van der Waals surface area contributed by atoms with E-state index in [0.717, 1.165) is 17.0 Å². The first-order valence-electron chi connectivity index (χ1n) is 7.84. The van der Waals surface area contributed by atoms with Crippen LogP contribution in [0, 0.1) is 11.6 Å². The molecular formula is C16H14ClF4N5O. The van der Waals surface area contributed by atoms with Crippen molar-refractivity contribution >= 4 is 29.1 Å². The molecule has 1 atom stereocenters. The van der Waals surface area contributed by atoms with Crippen LogP contribution < -0.4 is 11.1 Å². The fraction of sp³-hybridized carbons (Fsp3) is 0.312. The highest BCUT2D eigenvalue weighted by molar-refractivity contribution is 6.30. The van der Waals surface area contributed by atoms with Gasteiger partial charge >= 0.3 is 0 Å². The standard InChI is InChI=1S/C16H14ClF4N5O/c17-8-5-23-15(24-6-8)25-7-11-16(20,21)3-4-26(11)14(27)9-1-2-10(18)12(19)13(9)22/h1-2,5-6,11H,3-4,7,22H2,(H,23,24,25)/t11-/m1/s1. The Morgan fingerprint density at radius 1 is 1.33 bits per heavy atom. The zero-order valence-electron chi connectivity index (χ0n) is 13.7. The number of anilines is 2. The van der Waals surface area contributed by atoms with E-state index in [1.165, 1.54) is 12.4 Å². The van der Waals surface area contributed by atoms with Crippen molar-refractivity contribution in [2.75, 3.05) is 24.1 Å². The van der Waals surface area contributed by atoms with Crippen LogP contribution in [0.15, 0.2) is 24.5 Å². The number of likely N-dealkylation sites (tertiary alicyclic amines) is 1. The summed E-state index contributed by atoms with van der Waals surface area (Å²) >= 11 is 5.66. The van der Waals surface area contributed by atoms with Crippen molar-refractivity contribution in [1.82, 2.24) is 14.9 Å². The largest absolute Gasteiger partial charge is 0.396 e.